The molecule has 0 atom stereocenters. The summed E-state index contributed by atoms with van der Waals surface area (Å²) >= 11 is 1.47. The molecule has 0 aliphatic carbocycles. The van der Waals surface area contributed by atoms with Crippen LogP contribution < -0.4 is 5.73 Å². The molecule has 23 heavy (non-hydrogen) atoms. The van der Waals surface area contributed by atoms with E-state index in [1.807, 2.05) is 24.4 Å². The summed E-state index contributed by atoms with van der Waals surface area (Å²) in [6, 6.07) is 3.78. The van der Waals surface area contributed by atoms with E-state index in [9.17, 15) is 9.59 Å². The maximum atomic E-state index is 12.3. The van der Waals surface area contributed by atoms with E-state index in [0.29, 0.717) is 25.9 Å². The largest absolute Gasteiger partial charge is 0.459 e. The number of aromatic nitrogens is 1. The van der Waals surface area contributed by atoms with Crippen LogP contribution in [0, 0.1) is 12.8 Å². The Hall–Kier alpha value is -2.15. The lowest BCUT2D eigenvalue weighted by Crippen LogP contribution is -2.42. The van der Waals surface area contributed by atoms with Crippen molar-refractivity contribution in [2.24, 2.45) is 11.7 Å². The molecule has 7 heteroatoms. The van der Waals surface area contributed by atoms with Crippen LogP contribution in [0.1, 0.15) is 24.3 Å². The minimum atomic E-state index is -0.269. The lowest BCUT2D eigenvalue weighted by Gasteiger charge is -2.30. The Kier molecular flexibility index (Phi) is 4.47. The molecule has 2 aromatic rings. The molecule has 1 saturated heterocycles. The van der Waals surface area contributed by atoms with Gasteiger partial charge in [0.1, 0.15) is 5.76 Å². The van der Waals surface area contributed by atoms with E-state index in [1.165, 1.54) is 11.3 Å². The number of hydrogen-bond acceptors (Lipinski definition) is 5. The Morgan fingerprint density at radius 2 is 2.13 bits per heavy atom. The average Bonchev–Trinajstić information content (AvgIpc) is 3.16. The number of likely N-dealkylation sites (tertiary alicyclic amines) is 1. The maximum absolute atomic E-state index is 12.3. The van der Waals surface area contributed by atoms with Gasteiger partial charge in [-0.3, -0.25) is 9.59 Å². The first-order valence-electron chi connectivity index (χ1n) is 7.61. The van der Waals surface area contributed by atoms with Crippen LogP contribution in [0.5, 0.6) is 0 Å². The fourth-order valence-electron chi connectivity index (χ4n) is 2.73. The molecule has 1 fully saturated rings. The van der Waals surface area contributed by atoms with Crippen molar-refractivity contribution in [2.75, 3.05) is 13.1 Å². The minimum Gasteiger partial charge on any atom is -0.459 e. The van der Waals surface area contributed by atoms with Crippen LogP contribution in [0.4, 0.5) is 0 Å². The highest BCUT2D eigenvalue weighted by Gasteiger charge is 2.26. The summed E-state index contributed by atoms with van der Waals surface area (Å²) in [6.07, 6.45) is 1.57. The van der Waals surface area contributed by atoms with Crippen molar-refractivity contribution in [1.29, 1.82) is 0 Å². The zero-order valence-corrected chi connectivity index (χ0v) is 13.8. The molecule has 1 aliphatic heterocycles. The fraction of sp³-hybridized carbons (Fsp3) is 0.438. The zero-order valence-electron chi connectivity index (χ0n) is 12.9. The smallest absolute Gasteiger partial charge is 0.228 e. The molecular weight excluding hydrogens is 314 g/mol. The van der Waals surface area contributed by atoms with Crippen molar-refractivity contribution in [2.45, 2.75) is 26.2 Å². The number of piperidine rings is 1. The number of rotatable bonds is 4. The van der Waals surface area contributed by atoms with Gasteiger partial charge in [-0.15, -0.1) is 11.3 Å². The minimum absolute atomic E-state index is 0.0420. The molecule has 3 heterocycles. The van der Waals surface area contributed by atoms with E-state index in [1.54, 1.807) is 4.90 Å². The monoisotopic (exact) mass is 333 g/mol. The van der Waals surface area contributed by atoms with E-state index in [2.05, 4.69) is 4.98 Å². The van der Waals surface area contributed by atoms with Crippen LogP contribution in [0.3, 0.4) is 0 Å². The van der Waals surface area contributed by atoms with Crippen molar-refractivity contribution < 1.29 is 14.0 Å². The van der Waals surface area contributed by atoms with Gasteiger partial charge in [0.2, 0.25) is 11.8 Å². The molecule has 6 nitrogen and oxygen atoms in total. The molecule has 122 valence electrons. The topological polar surface area (TPSA) is 89.4 Å². The molecule has 2 N–H and O–H groups in total. The number of aryl methyl sites for hydroxylation is 1. The van der Waals surface area contributed by atoms with E-state index in [-0.39, 0.29) is 24.2 Å². The Morgan fingerprint density at radius 1 is 1.39 bits per heavy atom. The van der Waals surface area contributed by atoms with Crippen LogP contribution in [0.25, 0.3) is 10.8 Å². The molecule has 3 rings (SSSR count). The summed E-state index contributed by atoms with van der Waals surface area (Å²) in [5.41, 5.74) is 6.06. The Balaban J connectivity index is 1.58. The number of amides is 2. The van der Waals surface area contributed by atoms with Gasteiger partial charge in [-0.2, -0.15) is 0 Å². The van der Waals surface area contributed by atoms with Gasteiger partial charge in [0.25, 0.3) is 0 Å². The van der Waals surface area contributed by atoms with Crippen LogP contribution in [-0.2, 0) is 16.0 Å². The second-order valence-corrected chi connectivity index (χ2v) is 6.65. The van der Waals surface area contributed by atoms with Crippen molar-refractivity contribution in [3.8, 4) is 10.8 Å². The van der Waals surface area contributed by atoms with Crippen molar-refractivity contribution in [3.63, 3.8) is 0 Å². The maximum Gasteiger partial charge on any atom is 0.228 e. The molecule has 2 aromatic heterocycles. The van der Waals surface area contributed by atoms with E-state index >= 15 is 0 Å². The third-order valence-corrected chi connectivity index (χ3v) is 4.99. The molecule has 2 amide bonds. The van der Waals surface area contributed by atoms with Gasteiger partial charge in [-0.05, 0) is 31.9 Å². The van der Waals surface area contributed by atoms with Gasteiger partial charge in [0, 0.05) is 24.4 Å². The summed E-state index contributed by atoms with van der Waals surface area (Å²) in [4.78, 5) is 29.8. The normalized spacial score (nSPS) is 15.8. The van der Waals surface area contributed by atoms with Crippen molar-refractivity contribution >= 4 is 23.2 Å². The highest BCUT2D eigenvalue weighted by molar-refractivity contribution is 7.13. The van der Waals surface area contributed by atoms with Crippen molar-refractivity contribution in [3.05, 3.63) is 29.0 Å². The zero-order chi connectivity index (χ0) is 16.4. The van der Waals surface area contributed by atoms with E-state index < -0.39 is 0 Å². The van der Waals surface area contributed by atoms with Crippen molar-refractivity contribution in [1.82, 2.24) is 9.88 Å². The quantitative estimate of drug-likeness (QED) is 0.926. The molecule has 0 spiro atoms. The average molecular weight is 333 g/mol. The molecule has 0 unspecified atom stereocenters. The van der Waals surface area contributed by atoms with Crippen LogP contribution in [-0.4, -0.2) is 34.8 Å². The van der Waals surface area contributed by atoms with Crippen LogP contribution in [0.15, 0.2) is 21.9 Å². The van der Waals surface area contributed by atoms with E-state index in [0.717, 1.165) is 22.2 Å². The summed E-state index contributed by atoms with van der Waals surface area (Å²) in [5, 5.41) is 2.68. The molecule has 0 bridgehead atoms. The highest BCUT2D eigenvalue weighted by atomic mass is 32.1. The Morgan fingerprint density at radius 3 is 2.74 bits per heavy atom. The lowest BCUT2D eigenvalue weighted by atomic mass is 9.96. The first-order valence-corrected chi connectivity index (χ1v) is 8.49. The molecule has 0 radical (unpaired) electrons. The van der Waals surface area contributed by atoms with Gasteiger partial charge in [0.05, 0.1) is 12.1 Å². The van der Waals surface area contributed by atoms with Gasteiger partial charge >= 0.3 is 0 Å². The van der Waals surface area contributed by atoms with Gasteiger partial charge in [-0.25, -0.2) is 4.98 Å². The number of carbonyl (C=O) groups excluding carboxylic acids is 2. The molecule has 0 aromatic carbocycles. The van der Waals surface area contributed by atoms with Gasteiger partial charge < -0.3 is 15.1 Å². The third-order valence-electron chi connectivity index (χ3n) is 4.09. The Labute approximate surface area is 138 Å². The first kappa shape index (κ1) is 15.7. The summed E-state index contributed by atoms with van der Waals surface area (Å²) in [6.45, 7) is 3.05. The number of carbonyl (C=O) groups is 2. The van der Waals surface area contributed by atoms with E-state index in [4.69, 9.17) is 10.2 Å². The number of nitrogens with zero attached hydrogens (tertiary/aromatic N) is 2. The van der Waals surface area contributed by atoms with Crippen LogP contribution >= 0.6 is 11.3 Å². The van der Waals surface area contributed by atoms with Crippen LogP contribution in [0.2, 0.25) is 0 Å². The molecule has 0 saturated carbocycles. The SMILES string of the molecule is Cc1ccc(-c2nc(CC(=O)N3CCC(C(N)=O)CC3)cs2)o1. The second-order valence-electron chi connectivity index (χ2n) is 5.79. The number of primary amides is 1. The summed E-state index contributed by atoms with van der Waals surface area (Å²) < 4.78 is 5.55. The lowest BCUT2D eigenvalue weighted by molar-refractivity contribution is -0.134. The molecular formula is C16H19N3O3S. The highest BCUT2D eigenvalue weighted by Crippen LogP contribution is 2.26. The predicted octanol–water partition coefficient (Wildman–Crippen LogP) is 1.98. The van der Waals surface area contributed by atoms with Gasteiger partial charge in [0.15, 0.2) is 10.8 Å². The third kappa shape index (κ3) is 3.61. The van der Waals surface area contributed by atoms with Gasteiger partial charge in [-0.1, -0.05) is 0 Å². The molecule has 1 aliphatic rings. The number of furan rings is 1. The Bertz CT molecular complexity index is 714. The number of nitrogens with two attached hydrogens (primary N) is 1. The standard InChI is InChI=1S/C16H19N3O3S/c1-10-2-3-13(22-10)16-18-12(9-23-16)8-14(20)19-6-4-11(5-7-19)15(17)21/h2-3,9,11H,4-8H2,1H3,(H2,17,21). The second kappa shape index (κ2) is 6.54. The first-order chi connectivity index (χ1) is 11.0. The fourth-order valence-corrected chi connectivity index (χ4v) is 3.51. The number of hydrogen-bond donors (Lipinski definition) is 1. The summed E-state index contributed by atoms with van der Waals surface area (Å²) in [5.74, 6) is 1.24. The predicted molar refractivity (Wildman–Crippen MR) is 86.8 cm³/mol. The summed E-state index contributed by atoms with van der Waals surface area (Å²) in [7, 11) is 0. The number of thiazole rings is 1.